The molecule has 0 atom stereocenters. The number of benzene rings is 1. The number of piperidine rings is 1. The van der Waals surface area contributed by atoms with Crippen molar-refractivity contribution in [3.63, 3.8) is 0 Å². The molecule has 3 aromatic heterocycles. The summed E-state index contributed by atoms with van der Waals surface area (Å²) in [5.41, 5.74) is 4.18. The smallest absolute Gasteiger partial charge is 0.253 e. The molecular weight excluding hydrogens is 378 g/mol. The molecule has 1 aliphatic rings. The third kappa shape index (κ3) is 3.22. The van der Waals surface area contributed by atoms with Crippen LogP contribution in [0.15, 0.2) is 36.7 Å². The minimum absolute atomic E-state index is 0.0404. The Morgan fingerprint density at radius 2 is 1.90 bits per heavy atom. The van der Waals surface area contributed by atoms with Crippen LogP contribution in [0.3, 0.4) is 0 Å². The molecule has 0 spiro atoms. The fraction of sp³-hybridized carbons (Fsp3) is 0.409. The van der Waals surface area contributed by atoms with Crippen LogP contribution in [0.5, 0.6) is 0 Å². The molecule has 154 valence electrons. The Morgan fingerprint density at radius 3 is 2.67 bits per heavy atom. The Hall–Kier alpha value is -3.29. The molecule has 0 saturated carbocycles. The second-order valence-corrected chi connectivity index (χ2v) is 9.00. The van der Waals surface area contributed by atoms with Crippen molar-refractivity contribution >= 4 is 22.6 Å². The van der Waals surface area contributed by atoms with Gasteiger partial charge in [0.15, 0.2) is 11.5 Å². The van der Waals surface area contributed by atoms with E-state index in [-0.39, 0.29) is 17.2 Å². The lowest BCUT2D eigenvalue weighted by atomic mass is 9.92. The highest BCUT2D eigenvalue weighted by Crippen LogP contribution is 2.29. The van der Waals surface area contributed by atoms with Crippen molar-refractivity contribution in [2.45, 2.75) is 44.9 Å². The van der Waals surface area contributed by atoms with Crippen LogP contribution in [0.1, 0.15) is 61.4 Å². The number of rotatable bonds is 2. The van der Waals surface area contributed by atoms with Gasteiger partial charge < -0.3 is 9.88 Å². The summed E-state index contributed by atoms with van der Waals surface area (Å²) >= 11 is 0. The van der Waals surface area contributed by atoms with Gasteiger partial charge in [-0.2, -0.15) is 9.61 Å². The van der Waals surface area contributed by atoms with Crippen LogP contribution in [-0.4, -0.2) is 53.7 Å². The highest BCUT2D eigenvalue weighted by atomic mass is 16.2. The molecule has 30 heavy (non-hydrogen) atoms. The van der Waals surface area contributed by atoms with Crippen molar-refractivity contribution in [3.05, 3.63) is 53.7 Å². The number of aromatic amines is 1. The van der Waals surface area contributed by atoms with E-state index in [1.165, 1.54) is 0 Å². The Balaban J connectivity index is 1.33. The van der Waals surface area contributed by atoms with Gasteiger partial charge in [-0.05, 0) is 43.2 Å². The van der Waals surface area contributed by atoms with Crippen molar-refractivity contribution in [1.29, 1.82) is 0 Å². The van der Waals surface area contributed by atoms with Gasteiger partial charge in [0.25, 0.3) is 5.91 Å². The van der Waals surface area contributed by atoms with E-state index in [1.807, 2.05) is 39.7 Å². The first-order chi connectivity index (χ1) is 14.4. The van der Waals surface area contributed by atoms with Crippen LogP contribution >= 0.6 is 0 Å². The van der Waals surface area contributed by atoms with E-state index in [2.05, 4.69) is 40.9 Å². The number of fused-ring (bicyclic) bond motifs is 2. The molecule has 8 heteroatoms. The minimum atomic E-state index is -0.0404. The van der Waals surface area contributed by atoms with Crippen LogP contribution in [0, 0.1) is 0 Å². The van der Waals surface area contributed by atoms with Gasteiger partial charge in [-0.15, -0.1) is 10.2 Å². The zero-order chi connectivity index (χ0) is 20.9. The topological polar surface area (TPSA) is 92.1 Å². The maximum atomic E-state index is 13.0. The first-order valence-corrected chi connectivity index (χ1v) is 10.4. The molecule has 0 unspecified atom stereocenters. The lowest BCUT2D eigenvalue weighted by Crippen LogP contribution is -2.38. The second kappa shape index (κ2) is 6.90. The molecule has 0 bridgehead atoms. The van der Waals surface area contributed by atoms with E-state index in [9.17, 15) is 4.79 Å². The largest absolute Gasteiger partial charge is 0.345 e. The predicted molar refractivity (Wildman–Crippen MR) is 113 cm³/mol. The molecule has 5 rings (SSSR count). The molecule has 0 aliphatic carbocycles. The van der Waals surface area contributed by atoms with Crippen molar-refractivity contribution in [2.24, 2.45) is 0 Å². The van der Waals surface area contributed by atoms with Gasteiger partial charge in [0, 0.05) is 30.0 Å². The normalized spacial score (nSPS) is 15.9. The summed E-state index contributed by atoms with van der Waals surface area (Å²) in [6.07, 6.45) is 3.34. The number of nitrogens with one attached hydrogen (secondary N) is 1. The monoisotopic (exact) mass is 403 g/mol. The van der Waals surface area contributed by atoms with Gasteiger partial charge in [0.05, 0.1) is 23.1 Å². The Bertz CT molecular complexity index is 1230. The van der Waals surface area contributed by atoms with Gasteiger partial charge in [-0.3, -0.25) is 4.79 Å². The van der Waals surface area contributed by atoms with Crippen molar-refractivity contribution in [1.82, 2.24) is 34.7 Å². The molecule has 1 N–H and O–H groups in total. The van der Waals surface area contributed by atoms with E-state index in [4.69, 9.17) is 5.10 Å². The Labute approximate surface area is 174 Å². The molecule has 4 aromatic rings. The standard InChI is InChI=1S/C22H25N7O/c1-22(2,3)18-6-7-19-25-26-20(29(19)27-18)14-8-10-28(11-9-14)21(30)15-4-5-16-17(12-15)24-13-23-16/h4-7,12-14H,8-11H2,1-3H3,(H,23,24). The fourth-order valence-corrected chi connectivity index (χ4v) is 4.05. The first kappa shape index (κ1) is 18.7. The number of hydrogen-bond acceptors (Lipinski definition) is 5. The summed E-state index contributed by atoms with van der Waals surface area (Å²) in [5.74, 6) is 1.19. The number of H-pyrrole nitrogens is 1. The van der Waals surface area contributed by atoms with Gasteiger partial charge in [-0.25, -0.2) is 4.98 Å². The van der Waals surface area contributed by atoms with E-state index in [0.717, 1.165) is 41.0 Å². The number of amides is 1. The van der Waals surface area contributed by atoms with E-state index in [1.54, 1.807) is 6.33 Å². The van der Waals surface area contributed by atoms with Crippen LogP contribution in [-0.2, 0) is 5.41 Å². The molecule has 1 fully saturated rings. The number of aromatic nitrogens is 6. The zero-order valence-electron chi connectivity index (χ0n) is 17.5. The molecule has 8 nitrogen and oxygen atoms in total. The Kier molecular flexibility index (Phi) is 4.30. The van der Waals surface area contributed by atoms with E-state index in [0.29, 0.717) is 18.7 Å². The van der Waals surface area contributed by atoms with Crippen molar-refractivity contribution < 1.29 is 4.79 Å². The molecular formula is C22H25N7O. The molecule has 4 heterocycles. The number of carbonyl (C=O) groups excluding carboxylic acids is 1. The predicted octanol–water partition coefficient (Wildman–Crippen LogP) is 3.32. The quantitative estimate of drug-likeness (QED) is 0.554. The summed E-state index contributed by atoms with van der Waals surface area (Å²) < 4.78 is 1.88. The molecule has 1 aliphatic heterocycles. The third-order valence-electron chi connectivity index (χ3n) is 5.87. The number of hydrogen-bond donors (Lipinski definition) is 1. The van der Waals surface area contributed by atoms with Gasteiger partial charge in [0.2, 0.25) is 0 Å². The van der Waals surface area contributed by atoms with Gasteiger partial charge in [0.1, 0.15) is 0 Å². The summed E-state index contributed by atoms with van der Waals surface area (Å²) in [4.78, 5) is 22.2. The summed E-state index contributed by atoms with van der Waals surface area (Å²) in [6, 6.07) is 9.61. The maximum Gasteiger partial charge on any atom is 0.253 e. The highest BCUT2D eigenvalue weighted by molar-refractivity contribution is 5.97. The van der Waals surface area contributed by atoms with Gasteiger partial charge >= 0.3 is 0 Å². The summed E-state index contributed by atoms with van der Waals surface area (Å²) in [7, 11) is 0. The van der Waals surface area contributed by atoms with Gasteiger partial charge in [-0.1, -0.05) is 20.8 Å². The molecule has 0 radical (unpaired) electrons. The SMILES string of the molecule is CC(C)(C)c1ccc2nnc(C3CCN(C(=O)c4ccc5nc[nH]c5c4)CC3)n2n1. The highest BCUT2D eigenvalue weighted by Gasteiger charge is 2.28. The second-order valence-electron chi connectivity index (χ2n) is 9.00. The van der Waals surface area contributed by atoms with Crippen LogP contribution in [0.25, 0.3) is 16.7 Å². The molecule has 1 amide bonds. The maximum absolute atomic E-state index is 13.0. The first-order valence-electron chi connectivity index (χ1n) is 10.4. The third-order valence-corrected chi connectivity index (χ3v) is 5.87. The number of likely N-dealkylation sites (tertiary alicyclic amines) is 1. The Morgan fingerprint density at radius 1 is 1.10 bits per heavy atom. The average Bonchev–Trinajstić information content (AvgIpc) is 3.38. The average molecular weight is 403 g/mol. The lowest BCUT2D eigenvalue weighted by Gasteiger charge is -2.31. The molecule has 1 aromatic carbocycles. The molecule has 1 saturated heterocycles. The fourth-order valence-electron chi connectivity index (χ4n) is 4.05. The lowest BCUT2D eigenvalue weighted by molar-refractivity contribution is 0.0711. The van der Waals surface area contributed by atoms with Crippen LogP contribution in [0.4, 0.5) is 0 Å². The minimum Gasteiger partial charge on any atom is -0.345 e. The van der Waals surface area contributed by atoms with Crippen LogP contribution in [0.2, 0.25) is 0 Å². The zero-order valence-corrected chi connectivity index (χ0v) is 17.5. The summed E-state index contributed by atoms with van der Waals surface area (Å²) in [6.45, 7) is 7.83. The number of imidazole rings is 1. The van der Waals surface area contributed by atoms with E-state index < -0.39 is 0 Å². The van der Waals surface area contributed by atoms with E-state index >= 15 is 0 Å². The summed E-state index contributed by atoms with van der Waals surface area (Å²) in [5, 5.41) is 13.5. The number of nitrogens with zero attached hydrogens (tertiary/aromatic N) is 6. The number of carbonyl (C=O) groups is 1. The van der Waals surface area contributed by atoms with Crippen molar-refractivity contribution in [3.8, 4) is 0 Å². The van der Waals surface area contributed by atoms with Crippen LogP contribution < -0.4 is 0 Å². The van der Waals surface area contributed by atoms with Crippen molar-refractivity contribution in [2.75, 3.05) is 13.1 Å².